The Hall–Kier alpha value is -0.820. The molecule has 102 valence electrons. The van der Waals surface area contributed by atoms with Crippen LogP contribution in [0.1, 0.15) is 26.7 Å². The Morgan fingerprint density at radius 1 is 1.41 bits per heavy atom. The van der Waals surface area contributed by atoms with Crippen molar-refractivity contribution in [3.63, 3.8) is 0 Å². The Morgan fingerprint density at radius 2 is 2.00 bits per heavy atom. The molecule has 0 aromatic heterocycles. The summed E-state index contributed by atoms with van der Waals surface area (Å²) in [4.78, 5) is 11.2. The first-order valence-electron chi connectivity index (χ1n) is 5.52. The van der Waals surface area contributed by atoms with Crippen LogP contribution in [0, 0.1) is 0 Å². The maximum Gasteiger partial charge on any atom is 0.415 e. The number of nitrogens with one attached hydrogen (secondary N) is 2. The first-order chi connectivity index (χ1) is 7.77. The van der Waals surface area contributed by atoms with Crippen LogP contribution in [0.2, 0.25) is 0 Å². The maximum atomic E-state index is 11.9. The first kappa shape index (κ1) is 16.2. The topological polar surface area (TPSA) is 61.4 Å². The lowest BCUT2D eigenvalue weighted by Gasteiger charge is -2.15. The lowest BCUT2D eigenvalue weighted by atomic mass is 10.2. The molecule has 0 aromatic carbocycles. The van der Waals surface area contributed by atoms with E-state index < -0.39 is 18.8 Å². The van der Waals surface area contributed by atoms with Gasteiger partial charge in [-0.2, -0.15) is 13.2 Å². The van der Waals surface area contributed by atoms with E-state index in [2.05, 4.69) is 10.6 Å². The number of rotatable bonds is 7. The van der Waals surface area contributed by atoms with Crippen LogP contribution in [-0.2, 0) is 4.79 Å². The fourth-order valence-electron chi connectivity index (χ4n) is 1.01. The molecule has 0 fully saturated rings. The van der Waals surface area contributed by atoms with E-state index in [1.54, 1.807) is 0 Å². The molecule has 0 aliphatic carbocycles. The van der Waals surface area contributed by atoms with Gasteiger partial charge in [0.05, 0.1) is 0 Å². The van der Waals surface area contributed by atoms with E-state index in [9.17, 15) is 18.0 Å². The summed E-state index contributed by atoms with van der Waals surface area (Å²) in [6.07, 6.45) is -6.12. The van der Waals surface area contributed by atoms with Crippen LogP contribution >= 0.6 is 0 Å². The molecule has 0 radical (unpaired) electrons. The number of hydrogen-bond acceptors (Lipinski definition) is 3. The highest BCUT2D eigenvalue weighted by Gasteiger charge is 2.37. The summed E-state index contributed by atoms with van der Waals surface area (Å²) < 4.78 is 35.7. The van der Waals surface area contributed by atoms with Crippen LogP contribution in [0.25, 0.3) is 0 Å². The molecule has 7 heteroatoms. The van der Waals surface area contributed by atoms with Gasteiger partial charge in [0.25, 0.3) is 0 Å². The third-order valence-electron chi connectivity index (χ3n) is 2.26. The fourth-order valence-corrected chi connectivity index (χ4v) is 1.01. The molecule has 2 unspecified atom stereocenters. The SMILES string of the molecule is CCC(C)NC(=O)CCNCC(O)C(F)(F)F. The number of amides is 1. The fraction of sp³-hybridized carbons (Fsp3) is 0.900. The minimum absolute atomic E-state index is 0.0586. The van der Waals surface area contributed by atoms with E-state index in [0.29, 0.717) is 0 Å². The lowest BCUT2D eigenvalue weighted by molar-refractivity contribution is -0.201. The number of aliphatic hydroxyl groups is 1. The number of halogens is 3. The van der Waals surface area contributed by atoms with Gasteiger partial charge in [-0.25, -0.2) is 0 Å². The highest BCUT2D eigenvalue weighted by molar-refractivity contribution is 5.76. The zero-order chi connectivity index (χ0) is 13.5. The Labute approximate surface area is 98.6 Å². The summed E-state index contributed by atoms with van der Waals surface area (Å²) in [7, 11) is 0. The Morgan fingerprint density at radius 3 is 2.47 bits per heavy atom. The zero-order valence-electron chi connectivity index (χ0n) is 9.97. The third-order valence-corrected chi connectivity index (χ3v) is 2.26. The van der Waals surface area contributed by atoms with Crippen molar-refractivity contribution < 1.29 is 23.1 Å². The summed E-state index contributed by atoms with van der Waals surface area (Å²) in [6, 6.07) is 0.0586. The van der Waals surface area contributed by atoms with E-state index in [-0.39, 0.29) is 24.9 Å². The molecule has 0 aliphatic rings. The minimum atomic E-state index is -4.62. The predicted octanol–water partition coefficient (Wildman–Crippen LogP) is 0.804. The molecular formula is C10H19F3N2O2. The van der Waals surface area contributed by atoms with Gasteiger partial charge in [0.2, 0.25) is 5.91 Å². The molecule has 0 aliphatic heterocycles. The summed E-state index contributed by atoms with van der Waals surface area (Å²) in [5.41, 5.74) is 0. The van der Waals surface area contributed by atoms with Gasteiger partial charge in [-0.3, -0.25) is 4.79 Å². The summed E-state index contributed by atoms with van der Waals surface area (Å²) in [5, 5.41) is 13.7. The van der Waals surface area contributed by atoms with Gasteiger partial charge < -0.3 is 15.7 Å². The first-order valence-corrected chi connectivity index (χ1v) is 5.52. The molecule has 0 saturated carbocycles. The number of carbonyl (C=O) groups is 1. The highest BCUT2D eigenvalue weighted by atomic mass is 19.4. The second-order valence-electron chi connectivity index (χ2n) is 3.89. The van der Waals surface area contributed by atoms with Crippen molar-refractivity contribution in [1.82, 2.24) is 10.6 Å². The molecule has 3 N–H and O–H groups in total. The number of hydrogen-bond donors (Lipinski definition) is 3. The highest BCUT2D eigenvalue weighted by Crippen LogP contribution is 2.18. The van der Waals surface area contributed by atoms with E-state index in [1.807, 2.05) is 13.8 Å². The van der Waals surface area contributed by atoms with Crippen LogP contribution in [-0.4, -0.2) is 42.4 Å². The monoisotopic (exact) mass is 256 g/mol. The standard InChI is InChI=1S/C10H19F3N2O2/c1-3-7(2)15-9(17)4-5-14-6-8(16)10(11,12)13/h7-8,14,16H,3-6H2,1-2H3,(H,15,17). The number of alkyl halides is 3. The molecule has 0 spiro atoms. The van der Waals surface area contributed by atoms with E-state index in [0.717, 1.165) is 6.42 Å². The van der Waals surface area contributed by atoms with Gasteiger partial charge in [0, 0.05) is 25.6 Å². The summed E-state index contributed by atoms with van der Waals surface area (Å²) in [6.45, 7) is 3.27. The predicted molar refractivity (Wildman–Crippen MR) is 57.4 cm³/mol. The van der Waals surface area contributed by atoms with Gasteiger partial charge in [0.1, 0.15) is 0 Å². The molecule has 0 bridgehead atoms. The molecular weight excluding hydrogens is 237 g/mol. The number of carbonyl (C=O) groups excluding carboxylic acids is 1. The van der Waals surface area contributed by atoms with Crippen molar-refractivity contribution in [2.45, 2.75) is 45.0 Å². The van der Waals surface area contributed by atoms with Crippen LogP contribution in [0.15, 0.2) is 0 Å². The quantitative estimate of drug-likeness (QED) is 0.591. The largest absolute Gasteiger partial charge is 0.415 e. The van der Waals surface area contributed by atoms with Crippen LogP contribution < -0.4 is 10.6 Å². The van der Waals surface area contributed by atoms with Crippen LogP contribution in [0.5, 0.6) is 0 Å². The van der Waals surface area contributed by atoms with Crippen molar-refractivity contribution in [2.24, 2.45) is 0 Å². The van der Waals surface area contributed by atoms with E-state index in [1.165, 1.54) is 0 Å². The average molecular weight is 256 g/mol. The smallest absolute Gasteiger partial charge is 0.382 e. The second-order valence-corrected chi connectivity index (χ2v) is 3.89. The maximum absolute atomic E-state index is 11.9. The normalized spacial score (nSPS) is 15.4. The Bertz CT molecular complexity index is 234. The minimum Gasteiger partial charge on any atom is -0.382 e. The van der Waals surface area contributed by atoms with Crippen molar-refractivity contribution in [3.8, 4) is 0 Å². The summed E-state index contributed by atoms with van der Waals surface area (Å²) >= 11 is 0. The summed E-state index contributed by atoms with van der Waals surface area (Å²) in [5.74, 6) is -0.214. The van der Waals surface area contributed by atoms with Crippen molar-refractivity contribution in [1.29, 1.82) is 0 Å². The molecule has 17 heavy (non-hydrogen) atoms. The molecule has 2 atom stereocenters. The molecule has 0 aromatic rings. The van der Waals surface area contributed by atoms with Gasteiger partial charge in [-0.1, -0.05) is 6.92 Å². The molecule has 0 saturated heterocycles. The molecule has 4 nitrogen and oxygen atoms in total. The van der Waals surface area contributed by atoms with Crippen molar-refractivity contribution in [2.75, 3.05) is 13.1 Å². The van der Waals surface area contributed by atoms with Gasteiger partial charge >= 0.3 is 6.18 Å². The molecule has 0 rings (SSSR count). The zero-order valence-corrected chi connectivity index (χ0v) is 9.97. The van der Waals surface area contributed by atoms with Gasteiger partial charge in [0.15, 0.2) is 6.10 Å². The third kappa shape index (κ3) is 7.98. The second kappa shape index (κ2) is 7.50. The van der Waals surface area contributed by atoms with Gasteiger partial charge in [-0.15, -0.1) is 0 Å². The molecule has 1 amide bonds. The Balaban J connectivity index is 3.61. The Kier molecular flexibility index (Phi) is 7.13. The average Bonchev–Trinajstić information content (AvgIpc) is 2.22. The van der Waals surface area contributed by atoms with E-state index in [4.69, 9.17) is 5.11 Å². The van der Waals surface area contributed by atoms with Gasteiger partial charge in [-0.05, 0) is 13.3 Å². The van der Waals surface area contributed by atoms with Crippen molar-refractivity contribution in [3.05, 3.63) is 0 Å². The lowest BCUT2D eigenvalue weighted by Crippen LogP contribution is -2.40. The van der Waals surface area contributed by atoms with Crippen molar-refractivity contribution >= 4 is 5.91 Å². The number of aliphatic hydroxyl groups excluding tert-OH is 1. The van der Waals surface area contributed by atoms with Crippen LogP contribution in [0.3, 0.4) is 0 Å². The van der Waals surface area contributed by atoms with Crippen LogP contribution in [0.4, 0.5) is 13.2 Å². The van der Waals surface area contributed by atoms with E-state index >= 15 is 0 Å². The molecule has 0 heterocycles.